The first kappa shape index (κ1) is 21.8. The highest BCUT2D eigenvalue weighted by molar-refractivity contribution is 7.97. The molecule has 3 N–H and O–H groups in total. The molecule has 0 spiro atoms. The Morgan fingerprint density at radius 2 is 1.59 bits per heavy atom. The van der Waals surface area contributed by atoms with Crippen LogP contribution in [0.3, 0.4) is 0 Å². The maximum Gasteiger partial charge on any atom is 0.253 e. The van der Waals surface area contributed by atoms with Crippen molar-refractivity contribution in [2.24, 2.45) is 0 Å². The summed E-state index contributed by atoms with van der Waals surface area (Å²) in [5, 5.41) is 6.15. The van der Waals surface area contributed by atoms with Gasteiger partial charge in [-0.05, 0) is 37.8 Å². The smallest absolute Gasteiger partial charge is 0.253 e. The van der Waals surface area contributed by atoms with Gasteiger partial charge in [0.1, 0.15) is 11.4 Å². The van der Waals surface area contributed by atoms with Gasteiger partial charge in [0.15, 0.2) is 0 Å². The molecule has 1 saturated carbocycles. The van der Waals surface area contributed by atoms with Gasteiger partial charge in [0.05, 0.1) is 0 Å². The predicted molar refractivity (Wildman–Crippen MR) is 123 cm³/mol. The van der Waals surface area contributed by atoms with E-state index < -0.39 is 10.9 Å². The van der Waals surface area contributed by atoms with E-state index in [4.69, 9.17) is 0 Å². The van der Waals surface area contributed by atoms with Crippen LogP contribution in [0.2, 0.25) is 0 Å². The average molecular weight is 417 g/mol. The highest BCUT2D eigenvalue weighted by Crippen LogP contribution is 2.21. The van der Waals surface area contributed by atoms with Gasteiger partial charge in [-0.2, -0.15) is 0 Å². The van der Waals surface area contributed by atoms with E-state index in [-0.39, 0.29) is 0 Å². The van der Waals surface area contributed by atoms with Crippen LogP contribution >= 0.6 is 11.9 Å². The van der Waals surface area contributed by atoms with Crippen molar-refractivity contribution in [3.8, 4) is 0 Å². The Labute approximate surface area is 177 Å². The molecule has 158 valence electrons. The fraction of sp³-hybridized carbons (Fsp3) is 0.591. The monoisotopic (exact) mass is 416 g/mol. The van der Waals surface area contributed by atoms with E-state index in [0.717, 1.165) is 24.3 Å². The van der Waals surface area contributed by atoms with Gasteiger partial charge < -0.3 is 10.6 Å². The van der Waals surface area contributed by atoms with Crippen LogP contribution in [-0.2, 0) is 0 Å². The lowest BCUT2D eigenvalue weighted by atomic mass is 10.1. The number of nitrogens with zero attached hydrogens (tertiary/aromatic N) is 1. The fourth-order valence-corrected chi connectivity index (χ4v) is 4.64. The van der Waals surface area contributed by atoms with Crippen LogP contribution in [0.4, 0.5) is 17.1 Å². The summed E-state index contributed by atoms with van der Waals surface area (Å²) in [7, 11) is 0. The van der Waals surface area contributed by atoms with Crippen LogP contribution in [0.5, 0.6) is 0 Å². The van der Waals surface area contributed by atoms with E-state index in [9.17, 15) is 9.59 Å². The van der Waals surface area contributed by atoms with Crippen molar-refractivity contribution in [3.05, 3.63) is 45.0 Å². The molecule has 29 heavy (non-hydrogen) atoms. The first-order chi connectivity index (χ1) is 14.3. The zero-order valence-corrected chi connectivity index (χ0v) is 17.9. The molecule has 0 unspecified atom stereocenters. The Balaban J connectivity index is 1.25. The summed E-state index contributed by atoms with van der Waals surface area (Å²) >= 11 is 1.88. The molecule has 7 heteroatoms. The number of aromatic nitrogens is 1. The Bertz CT molecular complexity index is 797. The summed E-state index contributed by atoms with van der Waals surface area (Å²) in [6, 6.07) is 4.24. The van der Waals surface area contributed by atoms with Crippen LogP contribution in [0.25, 0.3) is 0 Å². The summed E-state index contributed by atoms with van der Waals surface area (Å²) < 4.78 is 3.65. The van der Waals surface area contributed by atoms with Gasteiger partial charge in [0.2, 0.25) is 0 Å². The van der Waals surface area contributed by atoms with Gasteiger partial charge in [-0.3, -0.25) is 19.3 Å². The summed E-state index contributed by atoms with van der Waals surface area (Å²) in [5.41, 5.74) is 0.646. The molecule has 2 aromatic rings. The lowest BCUT2D eigenvalue weighted by Gasteiger charge is -2.15. The van der Waals surface area contributed by atoms with E-state index in [1.807, 2.05) is 11.9 Å². The van der Waals surface area contributed by atoms with Gasteiger partial charge in [0, 0.05) is 36.4 Å². The topological polar surface area (TPSA) is 83.1 Å². The van der Waals surface area contributed by atoms with Crippen LogP contribution in [0.15, 0.2) is 34.1 Å². The highest BCUT2D eigenvalue weighted by atomic mass is 32.2. The van der Waals surface area contributed by atoms with E-state index in [2.05, 4.69) is 20.3 Å². The maximum absolute atomic E-state index is 11.8. The third kappa shape index (κ3) is 6.85. The second-order valence-corrected chi connectivity index (χ2v) is 8.70. The average Bonchev–Trinajstić information content (AvgIpc) is 3.03. The third-order valence-corrected chi connectivity index (χ3v) is 6.43. The maximum atomic E-state index is 11.8. The number of rotatable bonds is 12. The lowest BCUT2D eigenvalue weighted by Crippen LogP contribution is -2.36. The van der Waals surface area contributed by atoms with Gasteiger partial charge in [0.25, 0.3) is 10.9 Å². The summed E-state index contributed by atoms with van der Waals surface area (Å²) in [6.07, 6.45) is 16.0. The molecular formula is C22H32N4O2S. The van der Waals surface area contributed by atoms with Crippen LogP contribution in [0, 0.1) is 0 Å². The summed E-state index contributed by atoms with van der Waals surface area (Å²) in [5.74, 6) is 1.15. The van der Waals surface area contributed by atoms with Crippen molar-refractivity contribution in [3.63, 3.8) is 0 Å². The fourth-order valence-electron chi connectivity index (χ4n) is 3.70. The first-order valence-corrected chi connectivity index (χ1v) is 11.9. The molecule has 0 radical (unpaired) electrons. The molecule has 0 bridgehead atoms. The minimum Gasteiger partial charge on any atom is -0.380 e. The third-order valence-electron chi connectivity index (χ3n) is 5.44. The van der Waals surface area contributed by atoms with Crippen LogP contribution < -0.4 is 26.2 Å². The van der Waals surface area contributed by atoms with E-state index in [1.54, 1.807) is 24.5 Å². The Morgan fingerprint density at radius 3 is 2.34 bits per heavy atom. The number of unbranched alkanes of at least 4 members (excludes halogenated alkanes) is 3. The number of hydrogen-bond donors (Lipinski definition) is 3. The van der Waals surface area contributed by atoms with Crippen molar-refractivity contribution in [1.82, 2.24) is 9.71 Å². The Morgan fingerprint density at radius 1 is 0.897 bits per heavy atom. The van der Waals surface area contributed by atoms with Gasteiger partial charge in [-0.1, -0.05) is 50.5 Å². The number of pyridine rings is 1. The van der Waals surface area contributed by atoms with Crippen LogP contribution in [-0.4, -0.2) is 23.3 Å². The zero-order valence-electron chi connectivity index (χ0n) is 17.0. The van der Waals surface area contributed by atoms with Crippen molar-refractivity contribution < 1.29 is 0 Å². The molecule has 1 aliphatic carbocycles. The molecule has 1 fully saturated rings. The molecule has 6 nitrogen and oxygen atoms in total. The normalized spacial score (nSPS) is 15.3. The molecule has 0 aliphatic heterocycles. The number of hydrogen-bond acceptors (Lipinski definition) is 7. The minimum absolute atomic E-state index is 0.363. The first-order valence-electron chi connectivity index (χ1n) is 10.9. The SMILES string of the molecule is O=c1c(NCCCCCCSNC2CCCCCC2)c(Nc2ccncc2)c1=O. The number of anilines is 3. The van der Waals surface area contributed by atoms with E-state index in [1.165, 1.54) is 51.4 Å². The Kier molecular flexibility index (Phi) is 9.02. The largest absolute Gasteiger partial charge is 0.380 e. The lowest BCUT2D eigenvalue weighted by molar-refractivity contribution is 0.550. The molecule has 3 rings (SSSR count). The summed E-state index contributed by atoms with van der Waals surface area (Å²) in [6.45, 7) is 0.712. The molecule has 1 aromatic carbocycles. The van der Waals surface area contributed by atoms with Gasteiger partial charge >= 0.3 is 0 Å². The van der Waals surface area contributed by atoms with Crippen molar-refractivity contribution in [2.75, 3.05) is 22.9 Å². The second-order valence-electron chi connectivity index (χ2n) is 7.76. The van der Waals surface area contributed by atoms with Gasteiger partial charge in [-0.25, -0.2) is 0 Å². The van der Waals surface area contributed by atoms with Crippen molar-refractivity contribution in [1.29, 1.82) is 0 Å². The van der Waals surface area contributed by atoms with Crippen LogP contribution in [0.1, 0.15) is 64.2 Å². The molecular weight excluding hydrogens is 384 g/mol. The molecule has 1 heterocycles. The molecule has 0 saturated heterocycles. The van der Waals surface area contributed by atoms with Crippen molar-refractivity contribution in [2.45, 2.75) is 70.3 Å². The Hall–Kier alpha value is -1.86. The molecule has 1 aliphatic rings. The second kappa shape index (κ2) is 12.0. The predicted octanol–water partition coefficient (Wildman–Crippen LogP) is 4.35. The minimum atomic E-state index is -0.456. The highest BCUT2D eigenvalue weighted by Gasteiger charge is 2.20. The summed E-state index contributed by atoms with van der Waals surface area (Å²) in [4.78, 5) is 27.6. The van der Waals surface area contributed by atoms with E-state index >= 15 is 0 Å². The standard InChI is InChI=1S/C22H32N4O2S/c27-21-19(20(22(21)28)25-17-11-14-23-15-12-17)24-13-7-3-4-8-16-29-26-18-9-5-1-2-6-10-18/h11-12,14-15,18,24,26H,1-10,13,16H2,(H,23,25). The molecule has 1 aromatic heterocycles. The molecule has 0 amide bonds. The number of nitrogens with one attached hydrogen (secondary N) is 3. The quantitative estimate of drug-likeness (QED) is 0.205. The zero-order chi connectivity index (χ0) is 20.3. The van der Waals surface area contributed by atoms with E-state index in [0.29, 0.717) is 24.0 Å². The molecule has 0 atom stereocenters. The van der Waals surface area contributed by atoms with Gasteiger partial charge in [-0.15, -0.1) is 0 Å². The van der Waals surface area contributed by atoms with Crippen molar-refractivity contribution >= 4 is 29.0 Å².